The van der Waals surface area contributed by atoms with Crippen LogP contribution in [0.5, 0.6) is 5.75 Å². The molecule has 2 nitrogen and oxygen atoms in total. The zero-order chi connectivity index (χ0) is 13.1. The number of alkyl halides is 1. The van der Waals surface area contributed by atoms with Crippen LogP contribution >= 0.6 is 27.5 Å². The smallest absolute Gasteiger partial charge is 0.125 e. The van der Waals surface area contributed by atoms with E-state index in [9.17, 15) is 0 Å². The van der Waals surface area contributed by atoms with E-state index in [-0.39, 0.29) is 5.41 Å². The molecule has 1 rings (SSSR count). The summed E-state index contributed by atoms with van der Waals surface area (Å²) in [4.78, 5) is 0. The van der Waals surface area contributed by atoms with E-state index < -0.39 is 0 Å². The average molecular weight is 321 g/mol. The lowest BCUT2D eigenvalue weighted by atomic mass is 9.83. The maximum absolute atomic E-state index is 6.13. The first-order chi connectivity index (χ1) is 7.92. The van der Waals surface area contributed by atoms with Crippen LogP contribution in [0.4, 0.5) is 0 Å². The minimum atomic E-state index is -0.0330. The summed E-state index contributed by atoms with van der Waals surface area (Å²) in [5, 5.41) is 4.05. The zero-order valence-corrected chi connectivity index (χ0v) is 13.1. The van der Waals surface area contributed by atoms with Crippen LogP contribution in [0.3, 0.4) is 0 Å². The van der Waals surface area contributed by atoms with Gasteiger partial charge in [0.1, 0.15) is 5.75 Å². The molecular formula is C13H19BrClNO. The molecule has 0 spiro atoms. The number of nitrogens with one attached hydrogen (secondary N) is 1. The van der Waals surface area contributed by atoms with Gasteiger partial charge in [0, 0.05) is 22.5 Å². The summed E-state index contributed by atoms with van der Waals surface area (Å²) in [6.45, 7) is 7.23. The van der Waals surface area contributed by atoms with E-state index in [1.165, 1.54) is 0 Å². The van der Waals surface area contributed by atoms with E-state index in [1.807, 2.05) is 19.1 Å². The monoisotopic (exact) mass is 319 g/mol. The number of hydrogen-bond acceptors (Lipinski definition) is 2. The van der Waals surface area contributed by atoms with Crippen molar-refractivity contribution in [2.75, 3.05) is 19.1 Å². The van der Waals surface area contributed by atoms with E-state index >= 15 is 0 Å². The van der Waals surface area contributed by atoms with Gasteiger partial charge in [-0.05, 0) is 24.6 Å². The van der Waals surface area contributed by atoms with Gasteiger partial charge in [-0.25, -0.2) is 0 Å². The molecule has 0 aromatic heterocycles. The largest absolute Gasteiger partial charge is 0.496 e. The molecule has 0 amide bonds. The third-order valence-corrected chi connectivity index (χ3v) is 3.45. The lowest BCUT2D eigenvalue weighted by Gasteiger charge is -2.28. The van der Waals surface area contributed by atoms with Crippen molar-refractivity contribution in [3.05, 3.63) is 28.3 Å². The molecule has 0 saturated carbocycles. The number of ether oxygens (including phenoxy) is 1. The van der Waals surface area contributed by atoms with Gasteiger partial charge in [-0.15, -0.1) is 0 Å². The summed E-state index contributed by atoms with van der Waals surface area (Å²) in [6.07, 6.45) is 0. The van der Waals surface area contributed by atoms with Gasteiger partial charge in [0.2, 0.25) is 0 Å². The molecule has 1 aromatic carbocycles. The molecule has 0 unspecified atom stereocenters. The highest BCUT2D eigenvalue weighted by atomic mass is 79.9. The van der Waals surface area contributed by atoms with Crippen LogP contribution in [0, 0.1) is 6.92 Å². The fourth-order valence-corrected chi connectivity index (χ4v) is 2.43. The van der Waals surface area contributed by atoms with Gasteiger partial charge in [0.05, 0.1) is 12.6 Å². The molecule has 1 aromatic rings. The fraction of sp³-hybridized carbons (Fsp3) is 0.538. The fourth-order valence-electron chi connectivity index (χ4n) is 1.96. The molecule has 4 heteroatoms. The Labute approximate surface area is 117 Å². The summed E-state index contributed by atoms with van der Waals surface area (Å²) in [5.74, 6) is 0.927. The maximum Gasteiger partial charge on any atom is 0.125 e. The van der Waals surface area contributed by atoms with E-state index in [1.54, 1.807) is 7.11 Å². The topological polar surface area (TPSA) is 21.3 Å². The standard InChI is InChI=1S/C13H19BrClNO/c1-9-5-10(15)6-11(12(9)17-4)13(2,3)7-16-8-14/h5-6,16H,7-8H2,1-4H3. The van der Waals surface area contributed by atoms with Crippen molar-refractivity contribution in [3.8, 4) is 5.75 Å². The molecule has 1 N–H and O–H groups in total. The van der Waals surface area contributed by atoms with E-state index in [0.29, 0.717) is 0 Å². The second kappa shape index (κ2) is 6.07. The predicted octanol–water partition coefficient (Wildman–Crippen LogP) is 3.88. The summed E-state index contributed by atoms with van der Waals surface area (Å²) in [6, 6.07) is 3.92. The number of rotatable bonds is 5. The van der Waals surface area contributed by atoms with Gasteiger partial charge in [-0.1, -0.05) is 41.4 Å². The van der Waals surface area contributed by atoms with Crippen LogP contribution in [0.15, 0.2) is 12.1 Å². The normalized spacial score (nSPS) is 11.6. The van der Waals surface area contributed by atoms with Crippen LogP contribution in [-0.2, 0) is 5.41 Å². The molecule has 0 aliphatic heterocycles. The number of aryl methyl sites for hydroxylation is 1. The molecule has 0 aliphatic rings. The summed E-state index contributed by atoms with van der Waals surface area (Å²) < 4.78 is 5.50. The lowest BCUT2D eigenvalue weighted by Crippen LogP contribution is -2.32. The molecule has 0 aliphatic carbocycles. The summed E-state index contributed by atoms with van der Waals surface area (Å²) >= 11 is 9.50. The molecule has 0 bridgehead atoms. The van der Waals surface area contributed by atoms with Crippen molar-refractivity contribution in [1.29, 1.82) is 0 Å². The Kier molecular flexibility index (Phi) is 5.29. The van der Waals surface area contributed by atoms with Crippen molar-refractivity contribution < 1.29 is 4.74 Å². The predicted molar refractivity (Wildman–Crippen MR) is 77.6 cm³/mol. The molecule has 96 valence electrons. The van der Waals surface area contributed by atoms with Crippen molar-refractivity contribution in [1.82, 2.24) is 5.32 Å². The van der Waals surface area contributed by atoms with E-state index in [2.05, 4.69) is 35.1 Å². The van der Waals surface area contributed by atoms with Gasteiger partial charge < -0.3 is 10.1 Å². The first-order valence-electron chi connectivity index (χ1n) is 5.53. The Morgan fingerprint density at radius 2 is 2.06 bits per heavy atom. The van der Waals surface area contributed by atoms with Crippen LogP contribution in [0.2, 0.25) is 5.02 Å². The van der Waals surface area contributed by atoms with Crippen molar-refractivity contribution >= 4 is 27.5 Å². The van der Waals surface area contributed by atoms with Gasteiger partial charge >= 0.3 is 0 Å². The van der Waals surface area contributed by atoms with E-state index in [4.69, 9.17) is 16.3 Å². The van der Waals surface area contributed by atoms with Gasteiger partial charge in [-0.3, -0.25) is 0 Å². The van der Waals surface area contributed by atoms with Crippen LogP contribution in [-0.4, -0.2) is 19.1 Å². The third kappa shape index (κ3) is 3.60. The van der Waals surface area contributed by atoms with Crippen LogP contribution in [0.25, 0.3) is 0 Å². The average Bonchev–Trinajstić information content (AvgIpc) is 2.25. The maximum atomic E-state index is 6.13. The molecule has 0 radical (unpaired) electrons. The van der Waals surface area contributed by atoms with Crippen molar-refractivity contribution in [2.24, 2.45) is 0 Å². The Morgan fingerprint density at radius 3 is 2.59 bits per heavy atom. The summed E-state index contributed by atoms with van der Waals surface area (Å²) in [5.41, 5.74) is 2.95. The molecule has 0 saturated heterocycles. The van der Waals surface area contributed by atoms with Gasteiger partial charge in [0.25, 0.3) is 0 Å². The summed E-state index contributed by atoms with van der Waals surface area (Å²) in [7, 11) is 1.70. The molecule has 0 fully saturated rings. The number of hydrogen-bond donors (Lipinski definition) is 1. The Morgan fingerprint density at radius 1 is 1.41 bits per heavy atom. The molecule has 0 atom stereocenters. The minimum Gasteiger partial charge on any atom is -0.496 e. The SMILES string of the molecule is COc1c(C)cc(Cl)cc1C(C)(C)CNCBr. The minimum absolute atomic E-state index is 0.0330. The van der Waals surface area contributed by atoms with Crippen molar-refractivity contribution in [3.63, 3.8) is 0 Å². The number of methoxy groups -OCH3 is 1. The first-order valence-corrected chi connectivity index (χ1v) is 7.03. The molecule has 0 heterocycles. The first kappa shape index (κ1) is 14.8. The second-order valence-corrected chi connectivity index (χ2v) is 5.74. The van der Waals surface area contributed by atoms with Crippen LogP contribution in [0.1, 0.15) is 25.0 Å². The lowest BCUT2D eigenvalue weighted by molar-refractivity contribution is 0.386. The number of benzene rings is 1. The van der Waals surface area contributed by atoms with Gasteiger partial charge in [-0.2, -0.15) is 0 Å². The zero-order valence-electron chi connectivity index (χ0n) is 10.7. The second-order valence-electron chi connectivity index (χ2n) is 4.75. The Bertz CT molecular complexity index is 393. The van der Waals surface area contributed by atoms with Crippen LogP contribution < -0.4 is 10.1 Å². The number of halogens is 2. The quantitative estimate of drug-likeness (QED) is 0.657. The highest BCUT2D eigenvalue weighted by molar-refractivity contribution is 9.09. The molecule has 17 heavy (non-hydrogen) atoms. The third-order valence-electron chi connectivity index (χ3n) is 2.83. The van der Waals surface area contributed by atoms with E-state index in [0.717, 1.165) is 33.9 Å². The van der Waals surface area contributed by atoms with Gasteiger partial charge in [0.15, 0.2) is 0 Å². The molecular weight excluding hydrogens is 302 g/mol. The highest BCUT2D eigenvalue weighted by Gasteiger charge is 2.25. The van der Waals surface area contributed by atoms with Crippen molar-refractivity contribution in [2.45, 2.75) is 26.2 Å². The highest BCUT2D eigenvalue weighted by Crippen LogP contribution is 2.36. The Hall–Kier alpha value is -0.250. The Balaban J connectivity index is 3.18.